The second kappa shape index (κ2) is 6.77. The first-order valence-corrected chi connectivity index (χ1v) is 9.27. The molecule has 30 heavy (non-hydrogen) atoms. The van der Waals surface area contributed by atoms with Gasteiger partial charge in [0.05, 0.1) is 21.9 Å². The topological polar surface area (TPSA) is 101 Å². The average molecular weight is 399 g/mol. The van der Waals surface area contributed by atoms with Gasteiger partial charge < -0.3 is 19.0 Å². The number of hydrogen-bond donors (Lipinski definition) is 2. The third kappa shape index (κ3) is 2.65. The molecule has 0 atom stereocenters. The lowest BCUT2D eigenvalue weighted by Crippen LogP contribution is -2.23. The molecule has 4 aromatic rings. The van der Waals surface area contributed by atoms with Crippen molar-refractivity contribution >= 4 is 21.9 Å². The van der Waals surface area contributed by atoms with Crippen LogP contribution in [0.15, 0.2) is 91.3 Å². The Labute approximate surface area is 169 Å². The zero-order valence-corrected chi connectivity index (χ0v) is 15.5. The van der Waals surface area contributed by atoms with E-state index in [-0.39, 0.29) is 33.8 Å². The van der Waals surface area contributed by atoms with Gasteiger partial charge in [-0.15, -0.1) is 0 Å². The second-order valence-corrected chi connectivity index (χ2v) is 6.95. The molecule has 1 radical (unpaired) electrons. The van der Waals surface area contributed by atoms with E-state index in [0.29, 0.717) is 16.7 Å². The summed E-state index contributed by atoms with van der Waals surface area (Å²) in [5, 5.41) is 22.6. The molecule has 6 heteroatoms. The lowest BCUT2D eigenvalue weighted by molar-refractivity contribution is 0.439. The molecule has 0 aliphatic heterocycles. The monoisotopic (exact) mass is 399 g/mol. The highest BCUT2D eigenvalue weighted by Crippen LogP contribution is 2.44. The van der Waals surface area contributed by atoms with E-state index in [2.05, 4.69) is 0 Å². The van der Waals surface area contributed by atoms with Gasteiger partial charge in [-0.05, 0) is 24.3 Å². The molecule has 6 nitrogen and oxygen atoms in total. The fraction of sp³-hybridized carbons (Fsp3) is 0.0417. The van der Waals surface area contributed by atoms with Gasteiger partial charge in [0.15, 0.2) is 0 Å². The molecule has 2 N–H and O–H groups in total. The SMILES string of the molecule is O=c1oc2ccccc2c(O)c1C([C]1C=CC=C1)c1c(O)c2ccccc2oc1=O. The highest BCUT2D eigenvalue weighted by Gasteiger charge is 2.35. The van der Waals surface area contributed by atoms with Crippen molar-refractivity contribution in [3.05, 3.63) is 111 Å². The Bertz CT molecular complexity index is 1360. The van der Waals surface area contributed by atoms with E-state index in [9.17, 15) is 19.8 Å². The Morgan fingerprint density at radius 3 is 1.57 bits per heavy atom. The summed E-state index contributed by atoms with van der Waals surface area (Å²) in [6.45, 7) is 0. The highest BCUT2D eigenvalue weighted by molar-refractivity contribution is 5.87. The molecule has 0 amide bonds. The van der Waals surface area contributed by atoms with E-state index in [1.807, 2.05) is 0 Å². The smallest absolute Gasteiger partial charge is 0.343 e. The quantitative estimate of drug-likeness (QED) is 0.502. The maximum atomic E-state index is 12.9. The molecule has 147 valence electrons. The third-order valence-electron chi connectivity index (χ3n) is 5.24. The molecule has 2 aromatic carbocycles. The van der Waals surface area contributed by atoms with Gasteiger partial charge in [0.1, 0.15) is 22.7 Å². The first kappa shape index (κ1) is 18.0. The number of fused-ring (bicyclic) bond motifs is 2. The summed E-state index contributed by atoms with van der Waals surface area (Å²) in [5.41, 5.74) is -1.44. The van der Waals surface area contributed by atoms with Crippen LogP contribution in [0, 0.1) is 5.92 Å². The van der Waals surface area contributed by atoms with Crippen LogP contribution in [-0.2, 0) is 0 Å². The Morgan fingerprint density at radius 2 is 1.10 bits per heavy atom. The van der Waals surface area contributed by atoms with Crippen molar-refractivity contribution in [2.24, 2.45) is 0 Å². The third-order valence-corrected chi connectivity index (χ3v) is 5.24. The Kier molecular flexibility index (Phi) is 4.06. The van der Waals surface area contributed by atoms with Crippen LogP contribution in [0.2, 0.25) is 0 Å². The first-order valence-electron chi connectivity index (χ1n) is 9.27. The lowest BCUT2D eigenvalue weighted by Gasteiger charge is -2.22. The molecular weight excluding hydrogens is 384 g/mol. The van der Waals surface area contributed by atoms with Crippen LogP contribution in [0.1, 0.15) is 17.0 Å². The van der Waals surface area contributed by atoms with Crippen LogP contribution >= 0.6 is 0 Å². The molecule has 5 rings (SSSR count). The summed E-state index contributed by atoms with van der Waals surface area (Å²) in [6.07, 6.45) is 6.88. The summed E-state index contributed by atoms with van der Waals surface area (Å²) in [4.78, 5) is 25.8. The van der Waals surface area contributed by atoms with Crippen molar-refractivity contribution < 1.29 is 19.0 Å². The average Bonchev–Trinajstić information content (AvgIpc) is 3.27. The minimum atomic E-state index is -1.08. The van der Waals surface area contributed by atoms with Crippen molar-refractivity contribution in [2.45, 2.75) is 5.92 Å². The summed E-state index contributed by atoms with van der Waals surface area (Å²) in [7, 11) is 0. The Morgan fingerprint density at radius 1 is 0.667 bits per heavy atom. The van der Waals surface area contributed by atoms with Gasteiger partial charge in [0.25, 0.3) is 0 Å². The van der Waals surface area contributed by atoms with Crippen LogP contribution in [-0.4, -0.2) is 10.2 Å². The number of benzene rings is 2. The summed E-state index contributed by atoms with van der Waals surface area (Å²) in [6, 6.07) is 13.1. The zero-order valence-electron chi connectivity index (χ0n) is 15.5. The number of aromatic hydroxyl groups is 2. The van der Waals surface area contributed by atoms with E-state index in [1.54, 1.807) is 72.8 Å². The maximum Gasteiger partial charge on any atom is 0.343 e. The standard InChI is InChI=1S/C24H15O6/c25-21-14-9-3-5-11-16(14)29-23(27)19(21)18(13-7-1-2-8-13)20-22(26)15-10-4-6-12-17(15)30-24(20)28/h1-12,18,25-26H. The van der Waals surface area contributed by atoms with Crippen molar-refractivity contribution in [1.82, 2.24) is 0 Å². The van der Waals surface area contributed by atoms with E-state index in [1.165, 1.54) is 0 Å². The molecule has 0 saturated heterocycles. The fourth-order valence-electron chi connectivity index (χ4n) is 3.86. The summed E-state index contributed by atoms with van der Waals surface area (Å²) < 4.78 is 10.8. The second-order valence-electron chi connectivity index (χ2n) is 6.95. The van der Waals surface area contributed by atoms with Crippen molar-refractivity contribution in [3.8, 4) is 11.5 Å². The number of allylic oxidation sites excluding steroid dienone is 4. The predicted octanol–water partition coefficient (Wildman–Crippen LogP) is 4.14. The lowest BCUT2D eigenvalue weighted by atomic mass is 9.81. The van der Waals surface area contributed by atoms with Crippen molar-refractivity contribution in [2.75, 3.05) is 0 Å². The molecule has 0 fully saturated rings. The molecule has 0 unspecified atom stereocenters. The van der Waals surface area contributed by atoms with Crippen LogP contribution < -0.4 is 11.3 Å². The summed E-state index contributed by atoms with van der Waals surface area (Å²) >= 11 is 0. The van der Waals surface area contributed by atoms with Gasteiger partial charge in [0, 0.05) is 11.8 Å². The van der Waals surface area contributed by atoms with Gasteiger partial charge in [-0.2, -0.15) is 0 Å². The maximum absolute atomic E-state index is 12.9. The van der Waals surface area contributed by atoms with Crippen LogP contribution in [0.3, 0.4) is 0 Å². The minimum Gasteiger partial charge on any atom is -0.507 e. The van der Waals surface area contributed by atoms with Crippen LogP contribution in [0.25, 0.3) is 21.9 Å². The number of hydrogen-bond acceptors (Lipinski definition) is 6. The normalized spacial score (nSPS) is 13.8. The molecular formula is C24H15O6. The fourth-order valence-corrected chi connectivity index (χ4v) is 3.86. The van der Waals surface area contributed by atoms with Crippen molar-refractivity contribution in [1.29, 1.82) is 0 Å². The number of para-hydroxylation sites is 2. The molecule has 1 aliphatic rings. The highest BCUT2D eigenvalue weighted by atomic mass is 16.4. The van der Waals surface area contributed by atoms with E-state index in [0.717, 1.165) is 0 Å². The van der Waals surface area contributed by atoms with Gasteiger partial charge in [-0.3, -0.25) is 0 Å². The van der Waals surface area contributed by atoms with Crippen molar-refractivity contribution in [3.63, 3.8) is 0 Å². The van der Waals surface area contributed by atoms with E-state index >= 15 is 0 Å². The molecule has 2 heterocycles. The molecule has 0 spiro atoms. The van der Waals surface area contributed by atoms with Crippen LogP contribution in [0.4, 0.5) is 0 Å². The molecule has 0 bridgehead atoms. The summed E-state index contributed by atoms with van der Waals surface area (Å²) in [5.74, 6) is -1.16. The van der Waals surface area contributed by atoms with Gasteiger partial charge in [-0.25, -0.2) is 9.59 Å². The Hall–Kier alpha value is -4.06. The van der Waals surface area contributed by atoms with Gasteiger partial charge >= 0.3 is 11.3 Å². The molecule has 2 aromatic heterocycles. The predicted molar refractivity (Wildman–Crippen MR) is 112 cm³/mol. The largest absolute Gasteiger partial charge is 0.507 e. The molecule has 0 saturated carbocycles. The number of rotatable bonds is 3. The molecule has 1 aliphatic carbocycles. The first-order chi connectivity index (χ1) is 14.6. The van der Waals surface area contributed by atoms with Gasteiger partial charge in [0.2, 0.25) is 0 Å². The minimum absolute atomic E-state index is 0.141. The van der Waals surface area contributed by atoms with E-state index in [4.69, 9.17) is 8.83 Å². The van der Waals surface area contributed by atoms with Gasteiger partial charge in [-0.1, -0.05) is 48.6 Å². The Balaban J connectivity index is 1.87. The van der Waals surface area contributed by atoms with E-state index < -0.39 is 17.2 Å². The zero-order chi connectivity index (χ0) is 20.8. The van der Waals surface area contributed by atoms with Crippen LogP contribution in [0.5, 0.6) is 11.5 Å².